The fraction of sp³-hybridized carbons (Fsp3) is 0. The number of halogens is 1. The summed E-state index contributed by atoms with van der Waals surface area (Å²) in [6, 6.07) is 10.6. The highest BCUT2D eigenvalue weighted by Gasteiger charge is 2.19. The first kappa shape index (κ1) is 13.7. The molecule has 2 aromatic heterocycles. The Morgan fingerprint density at radius 3 is 2.52 bits per heavy atom. The van der Waals surface area contributed by atoms with Gasteiger partial charge in [0.25, 0.3) is 0 Å². The molecule has 0 amide bonds. The second kappa shape index (κ2) is 5.63. The van der Waals surface area contributed by atoms with E-state index in [-0.39, 0.29) is 4.88 Å². The molecule has 6 heteroatoms. The summed E-state index contributed by atoms with van der Waals surface area (Å²) in [5.74, 6) is -0.993. The van der Waals surface area contributed by atoms with Crippen molar-refractivity contribution >= 4 is 28.9 Å². The van der Waals surface area contributed by atoms with Crippen LogP contribution in [0.15, 0.2) is 48.8 Å². The Balaban J connectivity index is 2.14. The van der Waals surface area contributed by atoms with E-state index in [9.17, 15) is 9.90 Å². The van der Waals surface area contributed by atoms with Crippen molar-refractivity contribution in [3.63, 3.8) is 0 Å². The minimum atomic E-state index is -0.993. The summed E-state index contributed by atoms with van der Waals surface area (Å²) in [6.45, 7) is 0. The lowest BCUT2D eigenvalue weighted by Gasteiger charge is -1.99. The monoisotopic (exact) mass is 316 g/mol. The Morgan fingerprint density at radius 2 is 1.90 bits per heavy atom. The van der Waals surface area contributed by atoms with Crippen molar-refractivity contribution in [2.45, 2.75) is 0 Å². The average molecular weight is 317 g/mol. The Morgan fingerprint density at radius 1 is 1.14 bits per heavy atom. The van der Waals surface area contributed by atoms with Crippen molar-refractivity contribution in [1.29, 1.82) is 0 Å². The highest BCUT2D eigenvalue weighted by molar-refractivity contribution is 7.17. The van der Waals surface area contributed by atoms with Gasteiger partial charge in [0.1, 0.15) is 9.88 Å². The van der Waals surface area contributed by atoms with Gasteiger partial charge in [-0.2, -0.15) is 0 Å². The maximum atomic E-state index is 11.4. The van der Waals surface area contributed by atoms with E-state index in [0.29, 0.717) is 15.7 Å². The first-order valence-electron chi connectivity index (χ1n) is 6.05. The second-order valence-electron chi connectivity index (χ2n) is 4.25. The van der Waals surface area contributed by atoms with Gasteiger partial charge in [0.05, 0.1) is 5.69 Å². The van der Waals surface area contributed by atoms with E-state index in [4.69, 9.17) is 11.6 Å². The molecular weight excluding hydrogens is 308 g/mol. The number of hydrogen-bond acceptors (Lipinski definition) is 4. The average Bonchev–Trinajstić information content (AvgIpc) is 2.94. The number of aromatic nitrogens is 2. The number of hydrogen-bond donors (Lipinski definition) is 1. The normalized spacial score (nSPS) is 10.5. The number of thiazole rings is 1. The predicted molar refractivity (Wildman–Crippen MR) is 82.8 cm³/mol. The van der Waals surface area contributed by atoms with Gasteiger partial charge in [-0.3, -0.25) is 4.98 Å². The van der Waals surface area contributed by atoms with Gasteiger partial charge in [-0.25, -0.2) is 9.78 Å². The molecule has 104 valence electrons. The van der Waals surface area contributed by atoms with Gasteiger partial charge in [0, 0.05) is 28.5 Å². The Kier molecular flexibility index (Phi) is 3.68. The third-order valence-corrected chi connectivity index (χ3v) is 4.19. The van der Waals surface area contributed by atoms with E-state index in [0.717, 1.165) is 22.5 Å². The maximum absolute atomic E-state index is 11.4. The maximum Gasteiger partial charge on any atom is 0.348 e. The molecule has 0 aliphatic carbocycles. The van der Waals surface area contributed by atoms with Crippen LogP contribution in [0.25, 0.3) is 21.8 Å². The molecule has 0 fully saturated rings. The molecule has 0 radical (unpaired) electrons. The zero-order chi connectivity index (χ0) is 14.8. The zero-order valence-corrected chi connectivity index (χ0v) is 12.2. The summed E-state index contributed by atoms with van der Waals surface area (Å²) < 4.78 is 0. The van der Waals surface area contributed by atoms with Crippen molar-refractivity contribution in [2.24, 2.45) is 0 Å². The molecule has 0 aliphatic heterocycles. The number of benzene rings is 1. The van der Waals surface area contributed by atoms with E-state index >= 15 is 0 Å². The van der Waals surface area contributed by atoms with Crippen molar-refractivity contribution in [3.05, 3.63) is 58.7 Å². The molecule has 0 unspecified atom stereocenters. The second-order valence-corrected chi connectivity index (χ2v) is 5.69. The van der Waals surface area contributed by atoms with Gasteiger partial charge >= 0.3 is 5.97 Å². The summed E-state index contributed by atoms with van der Waals surface area (Å²) in [4.78, 5) is 20.1. The van der Waals surface area contributed by atoms with E-state index in [1.54, 1.807) is 42.7 Å². The molecule has 3 aromatic rings. The topological polar surface area (TPSA) is 63.1 Å². The van der Waals surface area contributed by atoms with Crippen LogP contribution in [0.2, 0.25) is 5.02 Å². The molecule has 0 saturated heterocycles. The van der Waals surface area contributed by atoms with E-state index in [1.807, 2.05) is 6.07 Å². The van der Waals surface area contributed by atoms with Crippen LogP contribution in [0.4, 0.5) is 0 Å². The number of carboxylic acids is 1. The third-order valence-electron chi connectivity index (χ3n) is 2.85. The van der Waals surface area contributed by atoms with E-state index in [1.165, 1.54) is 0 Å². The molecule has 0 atom stereocenters. The number of aromatic carboxylic acids is 1. The third kappa shape index (κ3) is 2.79. The summed E-state index contributed by atoms with van der Waals surface area (Å²) >= 11 is 7.00. The van der Waals surface area contributed by atoms with Gasteiger partial charge < -0.3 is 5.11 Å². The van der Waals surface area contributed by atoms with Crippen LogP contribution < -0.4 is 0 Å². The number of carboxylic acid groups (broad SMARTS) is 1. The zero-order valence-electron chi connectivity index (χ0n) is 10.7. The summed E-state index contributed by atoms with van der Waals surface area (Å²) in [5.41, 5.74) is 1.97. The van der Waals surface area contributed by atoms with E-state index in [2.05, 4.69) is 9.97 Å². The van der Waals surface area contributed by atoms with Gasteiger partial charge in [-0.05, 0) is 24.3 Å². The lowest BCUT2D eigenvalue weighted by Crippen LogP contribution is -1.95. The minimum Gasteiger partial charge on any atom is -0.477 e. The van der Waals surface area contributed by atoms with Crippen molar-refractivity contribution < 1.29 is 9.90 Å². The van der Waals surface area contributed by atoms with Crippen molar-refractivity contribution in [2.75, 3.05) is 0 Å². The summed E-state index contributed by atoms with van der Waals surface area (Å²) in [6.07, 6.45) is 3.32. The predicted octanol–water partition coefficient (Wildman–Crippen LogP) is 4.22. The number of rotatable bonds is 3. The molecule has 0 saturated carbocycles. The SMILES string of the molecule is O=C(O)c1sc(-c2cccnc2)nc1-c1ccc(Cl)cc1. The molecule has 0 bridgehead atoms. The van der Waals surface area contributed by atoms with Crippen LogP contribution >= 0.6 is 22.9 Å². The van der Waals surface area contributed by atoms with Crippen molar-refractivity contribution in [3.8, 4) is 21.8 Å². The summed E-state index contributed by atoms with van der Waals surface area (Å²) in [5, 5.41) is 10.6. The van der Waals surface area contributed by atoms with Crippen LogP contribution in [0.3, 0.4) is 0 Å². The molecule has 1 N–H and O–H groups in total. The van der Waals surface area contributed by atoms with E-state index < -0.39 is 5.97 Å². The standard InChI is InChI=1S/C15H9ClN2O2S/c16-11-5-3-9(4-6-11)12-13(15(19)20)21-14(18-12)10-2-1-7-17-8-10/h1-8H,(H,19,20). The molecule has 21 heavy (non-hydrogen) atoms. The lowest BCUT2D eigenvalue weighted by atomic mass is 10.1. The lowest BCUT2D eigenvalue weighted by molar-refractivity contribution is 0.0702. The fourth-order valence-electron chi connectivity index (χ4n) is 1.88. The molecule has 1 aromatic carbocycles. The van der Waals surface area contributed by atoms with Crippen LogP contribution in [0.5, 0.6) is 0 Å². The van der Waals surface area contributed by atoms with Crippen molar-refractivity contribution in [1.82, 2.24) is 9.97 Å². The van der Waals surface area contributed by atoms with Crippen LogP contribution in [0, 0.1) is 0 Å². The molecule has 4 nitrogen and oxygen atoms in total. The first-order chi connectivity index (χ1) is 10.1. The first-order valence-corrected chi connectivity index (χ1v) is 7.25. The molecule has 0 aliphatic rings. The molecule has 0 spiro atoms. The highest BCUT2D eigenvalue weighted by atomic mass is 35.5. The molecule has 2 heterocycles. The molecule has 3 rings (SSSR count). The Labute approximate surface area is 129 Å². The quantitative estimate of drug-likeness (QED) is 0.785. The van der Waals surface area contributed by atoms with Crippen LogP contribution in [-0.2, 0) is 0 Å². The molecular formula is C15H9ClN2O2S. The smallest absolute Gasteiger partial charge is 0.348 e. The largest absolute Gasteiger partial charge is 0.477 e. The van der Waals surface area contributed by atoms with Gasteiger partial charge in [-0.1, -0.05) is 23.7 Å². The van der Waals surface area contributed by atoms with Gasteiger partial charge in [0.2, 0.25) is 0 Å². The van der Waals surface area contributed by atoms with Crippen LogP contribution in [-0.4, -0.2) is 21.0 Å². The Hall–Kier alpha value is -2.24. The summed E-state index contributed by atoms with van der Waals surface area (Å²) in [7, 11) is 0. The number of pyridine rings is 1. The fourth-order valence-corrected chi connectivity index (χ4v) is 2.92. The van der Waals surface area contributed by atoms with Gasteiger partial charge in [-0.15, -0.1) is 11.3 Å². The number of nitrogens with zero attached hydrogens (tertiary/aromatic N) is 2. The number of carbonyl (C=O) groups is 1. The highest BCUT2D eigenvalue weighted by Crippen LogP contribution is 2.33. The Bertz CT molecular complexity index is 785. The van der Waals surface area contributed by atoms with Crippen LogP contribution in [0.1, 0.15) is 9.67 Å². The van der Waals surface area contributed by atoms with Gasteiger partial charge in [0.15, 0.2) is 0 Å². The minimum absolute atomic E-state index is 0.205.